The quantitative estimate of drug-likeness (QED) is 0.666. The maximum absolute atomic E-state index is 13.2. The molecule has 0 spiro atoms. The lowest BCUT2D eigenvalue weighted by molar-refractivity contribution is -0.142. The van der Waals surface area contributed by atoms with Gasteiger partial charge < -0.3 is 5.32 Å². The van der Waals surface area contributed by atoms with Crippen molar-refractivity contribution in [1.82, 2.24) is 5.43 Å². The molecule has 3 rings (SSSR count). The van der Waals surface area contributed by atoms with Gasteiger partial charge >= 0.3 is 12.4 Å². The molecule has 0 aromatic heterocycles. The van der Waals surface area contributed by atoms with Crippen LogP contribution in [0.4, 0.5) is 37.7 Å². The number of benzene rings is 2. The maximum atomic E-state index is 13.2. The molecule has 0 bridgehead atoms. The molecule has 0 aliphatic carbocycles. The number of carbonyl (C=O) groups excluding carboxylic acids is 1. The zero-order valence-electron chi connectivity index (χ0n) is 14.9. The molecule has 1 heterocycles. The maximum Gasteiger partial charge on any atom is 0.418 e. The summed E-state index contributed by atoms with van der Waals surface area (Å²) in [4.78, 5) is 11.3. The smallest absolute Gasteiger partial charge is 0.355 e. The predicted octanol–water partition coefficient (Wildman–Crippen LogP) is 5.33. The van der Waals surface area contributed by atoms with Crippen molar-refractivity contribution in [2.45, 2.75) is 25.7 Å². The summed E-state index contributed by atoms with van der Waals surface area (Å²) in [6, 6.07) is 7.60. The van der Waals surface area contributed by atoms with Gasteiger partial charge in [-0.15, -0.1) is 0 Å². The van der Waals surface area contributed by atoms with Gasteiger partial charge in [0.05, 0.1) is 22.5 Å². The van der Waals surface area contributed by atoms with Gasteiger partial charge in [0.25, 0.3) is 0 Å². The van der Waals surface area contributed by atoms with Gasteiger partial charge in [-0.25, -0.2) is 5.43 Å². The van der Waals surface area contributed by atoms with Crippen LogP contribution in [0.2, 0.25) is 0 Å². The van der Waals surface area contributed by atoms with E-state index in [4.69, 9.17) is 0 Å². The van der Waals surface area contributed by atoms with Crippen LogP contribution < -0.4 is 10.7 Å². The Bertz CT molecular complexity index is 948. The number of rotatable bonds is 3. The minimum Gasteiger partial charge on any atom is -0.355 e. The molecule has 0 saturated heterocycles. The molecule has 0 saturated carbocycles. The third kappa shape index (κ3) is 4.69. The van der Waals surface area contributed by atoms with E-state index in [-0.39, 0.29) is 30.0 Å². The molecule has 0 unspecified atom stereocenters. The summed E-state index contributed by atoms with van der Waals surface area (Å²) < 4.78 is 78.0. The Balaban J connectivity index is 1.88. The van der Waals surface area contributed by atoms with E-state index in [0.717, 1.165) is 6.07 Å². The van der Waals surface area contributed by atoms with Crippen LogP contribution >= 0.6 is 0 Å². The summed E-state index contributed by atoms with van der Waals surface area (Å²) in [6.45, 7) is 1.82. The van der Waals surface area contributed by atoms with Crippen LogP contribution in [-0.2, 0) is 17.1 Å². The van der Waals surface area contributed by atoms with E-state index in [1.807, 2.05) is 6.92 Å². The van der Waals surface area contributed by atoms with Gasteiger partial charge in [-0.3, -0.25) is 4.79 Å². The van der Waals surface area contributed by atoms with Gasteiger partial charge in [0.1, 0.15) is 0 Å². The lowest BCUT2D eigenvalue weighted by atomic mass is 9.94. The van der Waals surface area contributed by atoms with Crippen molar-refractivity contribution in [3.63, 3.8) is 0 Å². The van der Waals surface area contributed by atoms with E-state index in [1.165, 1.54) is 12.1 Å². The average molecular weight is 415 g/mol. The molecule has 2 N–H and O–H groups in total. The Morgan fingerprint density at radius 2 is 1.66 bits per heavy atom. The van der Waals surface area contributed by atoms with Crippen LogP contribution in [0.25, 0.3) is 0 Å². The number of hydrogen-bond acceptors (Lipinski definition) is 3. The Hall–Kier alpha value is -3.04. The van der Waals surface area contributed by atoms with Crippen molar-refractivity contribution in [2.75, 3.05) is 5.32 Å². The number of nitrogens with zero attached hydrogens (tertiary/aromatic N) is 1. The third-order valence-corrected chi connectivity index (χ3v) is 4.37. The van der Waals surface area contributed by atoms with E-state index in [0.29, 0.717) is 17.3 Å². The molecule has 1 aliphatic rings. The lowest BCUT2D eigenvalue weighted by Gasteiger charge is -2.20. The molecule has 10 heteroatoms. The van der Waals surface area contributed by atoms with Crippen molar-refractivity contribution in [3.05, 3.63) is 59.2 Å². The summed E-state index contributed by atoms with van der Waals surface area (Å²) in [7, 11) is 0. The third-order valence-electron chi connectivity index (χ3n) is 4.37. The first-order valence-electron chi connectivity index (χ1n) is 8.47. The highest BCUT2D eigenvalue weighted by Crippen LogP contribution is 2.40. The van der Waals surface area contributed by atoms with Gasteiger partial charge in [0, 0.05) is 18.0 Å². The largest absolute Gasteiger partial charge is 0.418 e. The van der Waals surface area contributed by atoms with Gasteiger partial charge in [-0.1, -0.05) is 19.1 Å². The Morgan fingerprint density at radius 1 is 1.00 bits per heavy atom. The second-order valence-corrected chi connectivity index (χ2v) is 6.60. The van der Waals surface area contributed by atoms with Crippen LogP contribution in [0.1, 0.15) is 30.0 Å². The Morgan fingerprint density at radius 3 is 2.21 bits per heavy atom. The van der Waals surface area contributed by atoms with Gasteiger partial charge in [0.15, 0.2) is 0 Å². The first-order chi connectivity index (χ1) is 13.4. The van der Waals surface area contributed by atoms with Gasteiger partial charge in [-0.05, 0) is 35.9 Å². The number of carbonyl (C=O) groups is 1. The van der Waals surface area contributed by atoms with Crippen molar-refractivity contribution < 1.29 is 31.1 Å². The standard InChI is InChI=1S/C19H15F6N3O/c1-10-8-16(29)27-28-17(10)11-2-5-13(6-3-11)26-15-7-4-12(18(20,21)22)9-14(15)19(23,24)25/h2-7,9-10,26H,8H2,1H3,(H,27,29)/t10-/m1/s1. The topological polar surface area (TPSA) is 53.5 Å². The normalized spacial score (nSPS) is 17.6. The Kier molecular flexibility index (Phi) is 5.29. The summed E-state index contributed by atoms with van der Waals surface area (Å²) in [5.41, 5.74) is 0.647. The van der Waals surface area contributed by atoms with E-state index in [1.54, 1.807) is 12.1 Å². The first-order valence-corrected chi connectivity index (χ1v) is 8.47. The molecule has 2 aromatic rings. The number of amides is 1. The molecule has 1 amide bonds. The second-order valence-electron chi connectivity index (χ2n) is 6.60. The van der Waals surface area contributed by atoms with Crippen LogP contribution in [-0.4, -0.2) is 11.6 Å². The molecule has 1 aliphatic heterocycles. The molecular weight excluding hydrogens is 400 g/mol. The molecule has 29 heavy (non-hydrogen) atoms. The highest BCUT2D eigenvalue weighted by Gasteiger charge is 2.38. The van der Waals surface area contributed by atoms with Crippen LogP contribution in [0.5, 0.6) is 0 Å². The highest BCUT2D eigenvalue weighted by atomic mass is 19.4. The summed E-state index contributed by atoms with van der Waals surface area (Å²) in [5.74, 6) is -0.337. The minimum absolute atomic E-state index is 0.0812. The summed E-state index contributed by atoms with van der Waals surface area (Å²) in [6.07, 6.45) is -9.58. The van der Waals surface area contributed by atoms with Crippen molar-refractivity contribution in [2.24, 2.45) is 11.0 Å². The average Bonchev–Trinajstić information content (AvgIpc) is 2.61. The van der Waals surface area contributed by atoms with Crippen molar-refractivity contribution in [1.29, 1.82) is 0 Å². The number of hydrogen-bond donors (Lipinski definition) is 2. The number of alkyl halides is 6. The highest BCUT2D eigenvalue weighted by molar-refractivity contribution is 6.05. The Labute approximate surface area is 161 Å². The van der Waals surface area contributed by atoms with E-state index >= 15 is 0 Å². The molecular formula is C19H15F6N3O. The molecule has 4 nitrogen and oxygen atoms in total. The lowest BCUT2D eigenvalue weighted by Crippen LogP contribution is -2.31. The number of halogens is 6. The summed E-state index contributed by atoms with van der Waals surface area (Å²) in [5, 5.41) is 6.51. The molecule has 2 aromatic carbocycles. The van der Waals surface area contributed by atoms with Crippen LogP contribution in [0, 0.1) is 5.92 Å². The fourth-order valence-electron chi connectivity index (χ4n) is 2.95. The SMILES string of the molecule is C[C@@H]1CC(=O)NN=C1c1ccc(Nc2ccc(C(F)(F)F)cc2C(F)(F)F)cc1. The number of nitrogens with one attached hydrogen (secondary N) is 2. The monoisotopic (exact) mass is 415 g/mol. The summed E-state index contributed by atoms with van der Waals surface area (Å²) >= 11 is 0. The molecule has 154 valence electrons. The zero-order valence-corrected chi connectivity index (χ0v) is 14.9. The van der Waals surface area contributed by atoms with Crippen LogP contribution in [0.3, 0.4) is 0 Å². The number of hydrazone groups is 1. The molecule has 1 atom stereocenters. The fourth-order valence-corrected chi connectivity index (χ4v) is 2.95. The molecule has 0 radical (unpaired) electrons. The van der Waals surface area contributed by atoms with Gasteiger partial charge in [-0.2, -0.15) is 31.4 Å². The van der Waals surface area contributed by atoms with E-state index < -0.39 is 29.2 Å². The first kappa shape index (κ1) is 20.7. The molecule has 0 fully saturated rings. The zero-order chi connectivity index (χ0) is 21.4. The minimum atomic E-state index is -4.96. The van der Waals surface area contributed by atoms with Crippen molar-refractivity contribution >= 4 is 23.0 Å². The van der Waals surface area contributed by atoms with E-state index in [2.05, 4.69) is 15.8 Å². The van der Waals surface area contributed by atoms with Crippen LogP contribution in [0.15, 0.2) is 47.6 Å². The number of anilines is 2. The van der Waals surface area contributed by atoms with E-state index in [9.17, 15) is 31.1 Å². The fraction of sp³-hybridized carbons (Fsp3) is 0.263. The predicted molar refractivity (Wildman–Crippen MR) is 94.6 cm³/mol. The second kappa shape index (κ2) is 7.41. The van der Waals surface area contributed by atoms with Crippen molar-refractivity contribution in [3.8, 4) is 0 Å². The van der Waals surface area contributed by atoms with Gasteiger partial charge in [0.2, 0.25) is 5.91 Å².